The number of hydrogen-bond donors (Lipinski definition) is 2. The number of hydrogen-bond acceptors (Lipinski definition) is 7. The summed E-state index contributed by atoms with van der Waals surface area (Å²) in [5.41, 5.74) is 5.96. The molecular weight excluding hydrogens is 515 g/mol. The average Bonchev–Trinajstić information content (AvgIpc) is 3.60. The fourth-order valence-corrected chi connectivity index (χ4v) is 5.18. The molecule has 5 aromatic rings. The highest BCUT2D eigenvalue weighted by atomic mass is 35.5. The Morgan fingerprint density at radius 2 is 1.86 bits per heavy atom. The Kier molecular flexibility index (Phi) is 7.27. The summed E-state index contributed by atoms with van der Waals surface area (Å²) in [4.78, 5) is 9.17. The second-order valence-corrected chi connectivity index (χ2v) is 10.5. The normalized spacial score (nSPS) is 11.1. The molecule has 0 saturated carbocycles. The van der Waals surface area contributed by atoms with E-state index < -0.39 is 5.82 Å². The highest BCUT2D eigenvalue weighted by Crippen LogP contribution is 2.37. The summed E-state index contributed by atoms with van der Waals surface area (Å²) in [6.45, 7) is 4.34. The Hall–Kier alpha value is -3.33. The lowest BCUT2D eigenvalue weighted by molar-refractivity contribution is 0.568. The molecule has 9 heteroatoms. The molecule has 5 nitrogen and oxygen atoms in total. The number of nitrogens with one attached hydrogen (secondary N) is 2. The van der Waals surface area contributed by atoms with E-state index in [1.165, 1.54) is 23.0 Å². The summed E-state index contributed by atoms with van der Waals surface area (Å²) in [5, 5.41) is 6.17. The molecule has 0 aliphatic carbocycles. The average molecular weight is 537 g/mol. The fraction of sp³-hybridized carbons (Fsp3) is 0.111. The Labute approximate surface area is 221 Å². The van der Waals surface area contributed by atoms with Crippen molar-refractivity contribution in [3.8, 4) is 22.4 Å². The number of anilines is 3. The number of furan rings is 1. The molecule has 0 fully saturated rings. The number of nitrogens with zero attached hydrogens (tertiary/aromatic N) is 2. The number of pyridine rings is 1. The predicted octanol–water partition coefficient (Wildman–Crippen LogP) is 9.24. The Morgan fingerprint density at radius 3 is 2.56 bits per heavy atom. The van der Waals surface area contributed by atoms with Crippen LogP contribution in [0.5, 0.6) is 0 Å². The lowest BCUT2D eigenvalue weighted by atomic mass is 9.99. The van der Waals surface area contributed by atoms with Crippen LogP contribution in [-0.2, 0) is 0 Å². The molecule has 0 saturated heterocycles. The van der Waals surface area contributed by atoms with Crippen LogP contribution in [0.3, 0.4) is 0 Å². The smallest absolute Gasteiger partial charge is 0.192 e. The van der Waals surface area contributed by atoms with E-state index in [1.807, 2.05) is 17.5 Å². The molecular formula is C27H22ClFN4OS2. The largest absolute Gasteiger partial charge is 0.472 e. The van der Waals surface area contributed by atoms with Crippen LogP contribution in [0.4, 0.5) is 20.9 Å². The van der Waals surface area contributed by atoms with Crippen molar-refractivity contribution in [2.75, 3.05) is 10.0 Å². The SMILES string of the molecule is CC(C)c1ccc(-c2cc(-c3ccoc3)c(Nc3cc(F)c(SNc4nccs4)cc3Cl)cn2)cc1. The van der Waals surface area contributed by atoms with Crippen LogP contribution in [0.25, 0.3) is 22.4 Å². The maximum Gasteiger partial charge on any atom is 0.192 e. The summed E-state index contributed by atoms with van der Waals surface area (Å²) < 4.78 is 23.3. The van der Waals surface area contributed by atoms with Crippen LogP contribution >= 0.6 is 34.9 Å². The van der Waals surface area contributed by atoms with Gasteiger partial charge in [0.05, 0.1) is 45.7 Å². The molecule has 5 rings (SSSR count). The summed E-state index contributed by atoms with van der Waals surface area (Å²) in [7, 11) is 0. The zero-order valence-electron chi connectivity index (χ0n) is 19.5. The molecule has 0 unspecified atom stereocenters. The van der Waals surface area contributed by atoms with Crippen molar-refractivity contribution >= 4 is 51.4 Å². The molecule has 0 aliphatic rings. The summed E-state index contributed by atoms with van der Waals surface area (Å²) in [6.07, 6.45) is 6.69. The first-order chi connectivity index (χ1) is 17.5. The molecule has 182 valence electrons. The van der Waals surface area contributed by atoms with Crippen molar-refractivity contribution in [2.24, 2.45) is 0 Å². The Bertz CT molecular complexity index is 1460. The van der Waals surface area contributed by atoms with E-state index >= 15 is 0 Å². The first-order valence-electron chi connectivity index (χ1n) is 11.2. The van der Waals surface area contributed by atoms with Gasteiger partial charge in [0, 0.05) is 34.3 Å². The quantitative estimate of drug-likeness (QED) is 0.193. The van der Waals surface area contributed by atoms with Crippen LogP contribution in [-0.4, -0.2) is 9.97 Å². The van der Waals surface area contributed by atoms with E-state index in [-0.39, 0.29) is 0 Å². The zero-order valence-corrected chi connectivity index (χ0v) is 21.8. The van der Waals surface area contributed by atoms with Gasteiger partial charge in [0.15, 0.2) is 5.13 Å². The second kappa shape index (κ2) is 10.7. The fourth-order valence-electron chi connectivity index (χ4n) is 3.63. The lowest BCUT2D eigenvalue weighted by Gasteiger charge is -2.15. The minimum atomic E-state index is -0.407. The van der Waals surface area contributed by atoms with Gasteiger partial charge in [-0.25, -0.2) is 9.37 Å². The molecule has 36 heavy (non-hydrogen) atoms. The molecule has 0 atom stereocenters. The highest BCUT2D eigenvalue weighted by Gasteiger charge is 2.15. The standard InChI is InChI=1S/C27H22ClFN4OS2/c1-16(2)17-3-5-18(6-4-17)23-11-20(19-7-9-34-15-19)25(14-31-23)32-24-13-22(29)26(12-21(24)28)36-33-27-30-8-10-35-27/h3-16,32H,1-2H3,(H,30,33). The van der Waals surface area contributed by atoms with Gasteiger partial charge in [-0.1, -0.05) is 49.7 Å². The van der Waals surface area contributed by atoms with Crippen molar-refractivity contribution in [1.82, 2.24) is 9.97 Å². The van der Waals surface area contributed by atoms with Crippen molar-refractivity contribution in [1.29, 1.82) is 0 Å². The van der Waals surface area contributed by atoms with E-state index in [0.717, 1.165) is 34.3 Å². The minimum absolute atomic E-state index is 0.370. The first-order valence-corrected chi connectivity index (χ1v) is 13.3. The summed E-state index contributed by atoms with van der Waals surface area (Å²) >= 11 is 9.09. The summed E-state index contributed by atoms with van der Waals surface area (Å²) in [6, 6.07) is 15.2. The number of thiazole rings is 1. The molecule has 3 aromatic heterocycles. The van der Waals surface area contributed by atoms with Gasteiger partial charge >= 0.3 is 0 Å². The van der Waals surface area contributed by atoms with Crippen molar-refractivity contribution in [3.63, 3.8) is 0 Å². The van der Waals surface area contributed by atoms with Gasteiger partial charge in [-0.15, -0.1) is 11.3 Å². The van der Waals surface area contributed by atoms with E-state index in [1.54, 1.807) is 31.0 Å². The van der Waals surface area contributed by atoms with E-state index in [2.05, 4.69) is 58.1 Å². The van der Waals surface area contributed by atoms with E-state index in [9.17, 15) is 4.39 Å². The van der Waals surface area contributed by atoms with E-state index in [0.29, 0.717) is 32.3 Å². The Balaban J connectivity index is 1.44. The third-order valence-electron chi connectivity index (χ3n) is 5.58. The molecule has 0 radical (unpaired) electrons. The van der Waals surface area contributed by atoms with Gasteiger partial charge in [-0.2, -0.15) is 0 Å². The Morgan fingerprint density at radius 1 is 1.03 bits per heavy atom. The third kappa shape index (κ3) is 5.41. The topological polar surface area (TPSA) is 63.0 Å². The number of rotatable bonds is 8. The lowest BCUT2D eigenvalue weighted by Crippen LogP contribution is -1.98. The molecule has 2 aromatic carbocycles. The zero-order chi connectivity index (χ0) is 25.1. The van der Waals surface area contributed by atoms with E-state index in [4.69, 9.17) is 16.0 Å². The van der Waals surface area contributed by atoms with Crippen LogP contribution < -0.4 is 10.0 Å². The summed E-state index contributed by atoms with van der Waals surface area (Å²) in [5.74, 6) is 0.0498. The van der Waals surface area contributed by atoms with Crippen LogP contribution in [0, 0.1) is 5.82 Å². The number of halogens is 2. The number of benzene rings is 2. The van der Waals surface area contributed by atoms with Gasteiger partial charge in [-0.05, 0) is 41.6 Å². The van der Waals surface area contributed by atoms with Crippen molar-refractivity contribution < 1.29 is 8.81 Å². The van der Waals surface area contributed by atoms with Crippen LogP contribution in [0.1, 0.15) is 25.3 Å². The molecule has 2 N–H and O–H groups in total. The molecule has 0 spiro atoms. The van der Waals surface area contributed by atoms with Gasteiger partial charge in [-0.3, -0.25) is 4.98 Å². The predicted molar refractivity (Wildman–Crippen MR) is 148 cm³/mol. The van der Waals surface area contributed by atoms with Crippen LogP contribution in [0.15, 0.2) is 88.1 Å². The molecule has 0 amide bonds. The van der Waals surface area contributed by atoms with Gasteiger partial charge in [0.1, 0.15) is 5.82 Å². The highest BCUT2D eigenvalue weighted by molar-refractivity contribution is 8.00. The minimum Gasteiger partial charge on any atom is -0.472 e. The third-order valence-corrected chi connectivity index (χ3v) is 7.54. The van der Waals surface area contributed by atoms with Crippen molar-refractivity contribution in [2.45, 2.75) is 24.7 Å². The maximum atomic E-state index is 14.9. The maximum absolute atomic E-state index is 14.9. The van der Waals surface area contributed by atoms with Gasteiger partial charge in [0.2, 0.25) is 0 Å². The second-order valence-electron chi connectivity index (χ2n) is 8.33. The van der Waals surface area contributed by atoms with Gasteiger partial charge < -0.3 is 14.5 Å². The first kappa shape index (κ1) is 24.4. The van der Waals surface area contributed by atoms with Crippen molar-refractivity contribution in [3.05, 3.63) is 95.2 Å². The molecule has 0 bridgehead atoms. The van der Waals surface area contributed by atoms with Crippen LogP contribution in [0.2, 0.25) is 5.02 Å². The number of aromatic nitrogens is 2. The molecule has 3 heterocycles. The van der Waals surface area contributed by atoms with Gasteiger partial charge in [0.25, 0.3) is 0 Å². The monoisotopic (exact) mass is 536 g/mol. The molecule has 0 aliphatic heterocycles.